The van der Waals surface area contributed by atoms with E-state index in [4.69, 9.17) is 4.98 Å². The molecule has 6 heterocycles. The van der Waals surface area contributed by atoms with Gasteiger partial charge < -0.3 is 19.8 Å². The number of aromatic amines is 4. The normalized spacial score (nSPS) is 14.6. The molecule has 0 spiro atoms. The third-order valence-electron chi connectivity index (χ3n) is 7.78. The zero-order chi connectivity index (χ0) is 27.8. The van der Waals surface area contributed by atoms with E-state index in [9.17, 15) is 9.59 Å². The molecule has 1 saturated heterocycles. The number of nitrogens with zero attached hydrogens (tertiary/aromatic N) is 5. The van der Waals surface area contributed by atoms with E-state index in [0.717, 1.165) is 66.6 Å². The van der Waals surface area contributed by atoms with Crippen molar-refractivity contribution in [2.24, 2.45) is 0 Å². The van der Waals surface area contributed by atoms with Crippen LogP contribution in [-0.4, -0.2) is 61.1 Å². The Kier molecular flexibility index (Phi) is 6.31. The Labute approximate surface area is 234 Å². The SMILES string of the molecule is O=c1[nH]c2ccc(CCC(c3ccccc3)c3cc(N4CCN(c5ccccn5)CC4)nc4[nH]c(=O)[nH]c34)nc2[nH]1. The molecular weight excluding hydrogens is 518 g/mol. The molecule has 1 fully saturated rings. The number of aryl methyl sites for hydroxylation is 1. The van der Waals surface area contributed by atoms with Gasteiger partial charge in [0, 0.05) is 44.0 Å². The second-order valence-corrected chi connectivity index (χ2v) is 10.3. The standard InChI is InChI=1S/C30H29N9O2/c40-29-33-23-12-10-20(32-27(23)36-29)9-11-21(19-6-2-1-3-7-19)22-18-25(34-28-26(22)35-30(41)37-28)39-16-14-38(15-17-39)24-8-4-5-13-31-24/h1-8,10,12-13,18,21H,9,11,14-17H2,(H2,32,33,36,40)(H2,34,35,37,41). The van der Waals surface area contributed by atoms with Crippen molar-refractivity contribution in [3.8, 4) is 0 Å². The van der Waals surface area contributed by atoms with Crippen molar-refractivity contribution < 1.29 is 0 Å². The molecule has 11 nitrogen and oxygen atoms in total. The number of piperazine rings is 1. The summed E-state index contributed by atoms with van der Waals surface area (Å²) in [5, 5.41) is 0. The number of rotatable bonds is 7. The predicted octanol–water partition coefficient (Wildman–Crippen LogP) is 3.30. The summed E-state index contributed by atoms with van der Waals surface area (Å²) in [5.41, 5.74) is 5.01. The summed E-state index contributed by atoms with van der Waals surface area (Å²) in [6.45, 7) is 3.23. The van der Waals surface area contributed by atoms with Crippen molar-refractivity contribution in [3.63, 3.8) is 0 Å². The molecule has 11 heteroatoms. The summed E-state index contributed by atoms with van der Waals surface area (Å²) >= 11 is 0. The van der Waals surface area contributed by atoms with E-state index in [0.29, 0.717) is 23.2 Å². The second-order valence-electron chi connectivity index (χ2n) is 10.3. The van der Waals surface area contributed by atoms with Crippen molar-refractivity contribution in [1.29, 1.82) is 0 Å². The zero-order valence-corrected chi connectivity index (χ0v) is 22.3. The van der Waals surface area contributed by atoms with E-state index < -0.39 is 0 Å². The van der Waals surface area contributed by atoms with Gasteiger partial charge in [0.2, 0.25) is 0 Å². The molecule has 0 amide bonds. The van der Waals surface area contributed by atoms with Crippen molar-refractivity contribution in [2.45, 2.75) is 18.8 Å². The van der Waals surface area contributed by atoms with Gasteiger partial charge in [-0.25, -0.2) is 24.5 Å². The van der Waals surface area contributed by atoms with Crippen LogP contribution in [0.4, 0.5) is 11.6 Å². The van der Waals surface area contributed by atoms with Crippen LogP contribution >= 0.6 is 0 Å². The van der Waals surface area contributed by atoms with Gasteiger partial charge >= 0.3 is 11.4 Å². The van der Waals surface area contributed by atoms with E-state index >= 15 is 0 Å². The van der Waals surface area contributed by atoms with Crippen LogP contribution in [0.2, 0.25) is 0 Å². The minimum absolute atomic E-state index is 0.0236. The lowest BCUT2D eigenvalue weighted by Gasteiger charge is -2.36. The zero-order valence-electron chi connectivity index (χ0n) is 22.3. The Morgan fingerprint density at radius 2 is 1.46 bits per heavy atom. The topological polar surface area (TPSA) is 142 Å². The van der Waals surface area contributed by atoms with Gasteiger partial charge in [-0.1, -0.05) is 36.4 Å². The molecule has 0 saturated carbocycles. The van der Waals surface area contributed by atoms with Crippen molar-refractivity contribution in [1.82, 2.24) is 34.9 Å². The fraction of sp³-hybridized carbons (Fsp3) is 0.233. The third kappa shape index (κ3) is 4.97. The van der Waals surface area contributed by atoms with Gasteiger partial charge in [0.05, 0.1) is 11.0 Å². The molecular formula is C30H29N9O2. The highest BCUT2D eigenvalue weighted by Gasteiger charge is 2.24. The molecule has 1 unspecified atom stereocenters. The van der Waals surface area contributed by atoms with Crippen molar-refractivity contribution in [2.75, 3.05) is 36.0 Å². The first-order valence-electron chi connectivity index (χ1n) is 13.8. The molecule has 7 rings (SSSR count). The molecule has 6 aromatic rings. The number of hydrogen-bond acceptors (Lipinski definition) is 7. The van der Waals surface area contributed by atoms with Gasteiger partial charge in [-0.05, 0) is 54.3 Å². The first-order chi connectivity index (χ1) is 20.1. The number of anilines is 2. The van der Waals surface area contributed by atoms with Gasteiger partial charge in [0.25, 0.3) is 0 Å². The van der Waals surface area contributed by atoms with Crippen molar-refractivity contribution >= 4 is 34.0 Å². The summed E-state index contributed by atoms with van der Waals surface area (Å²) in [5.74, 6) is 1.80. The molecule has 5 aromatic heterocycles. The van der Waals surface area contributed by atoms with E-state index in [-0.39, 0.29) is 17.3 Å². The third-order valence-corrected chi connectivity index (χ3v) is 7.78. The summed E-state index contributed by atoms with van der Waals surface area (Å²) in [7, 11) is 0. The Bertz CT molecular complexity index is 1920. The van der Waals surface area contributed by atoms with Crippen LogP contribution in [0.15, 0.2) is 82.5 Å². The maximum absolute atomic E-state index is 12.5. The molecule has 1 aliphatic rings. The summed E-state index contributed by atoms with van der Waals surface area (Å²) in [6, 6.07) is 22.2. The average molecular weight is 548 g/mol. The lowest BCUT2D eigenvalue weighted by molar-refractivity contribution is 0.641. The van der Waals surface area contributed by atoms with Crippen LogP contribution < -0.4 is 21.2 Å². The average Bonchev–Trinajstić information content (AvgIpc) is 3.58. The summed E-state index contributed by atoms with van der Waals surface area (Å²) < 4.78 is 0. The summed E-state index contributed by atoms with van der Waals surface area (Å²) in [4.78, 5) is 54.2. The van der Waals surface area contributed by atoms with Crippen LogP contribution in [0.5, 0.6) is 0 Å². The minimum atomic E-state index is -0.277. The maximum Gasteiger partial charge on any atom is 0.325 e. The Hall–Kier alpha value is -5.19. The van der Waals surface area contributed by atoms with E-state index in [1.165, 1.54) is 0 Å². The fourth-order valence-electron chi connectivity index (χ4n) is 5.74. The van der Waals surface area contributed by atoms with Crippen LogP contribution in [0.25, 0.3) is 22.3 Å². The van der Waals surface area contributed by atoms with Gasteiger partial charge in [-0.3, -0.25) is 9.97 Å². The van der Waals surface area contributed by atoms with Gasteiger partial charge in [0.1, 0.15) is 11.6 Å². The monoisotopic (exact) mass is 547 g/mol. The smallest absolute Gasteiger partial charge is 0.325 e. The molecule has 4 N–H and O–H groups in total. The van der Waals surface area contributed by atoms with Crippen LogP contribution in [0.1, 0.15) is 29.2 Å². The lowest BCUT2D eigenvalue weighted by atomic mass is 9.86. The maximum atomic E-state index is 12.5. The molecule has 0 bridgehead atoms. The van der Waals surface area contributed by atoms with E-state index in [1.807, 2.05) is 54.7 Å². The number of aromatic nitrogens is 7. The van der Waals surface area contributed by atoms with E-state index in [2.05, 4.69) is 57.9 Å². The number of pyridine rings is 3. The number of nitrogens with one attached hydrogen (secondary N) is 4. The second kappa shape index (κ2) is 10.4. The first kappa shape index (κ1) is 24.8. The highest BCUT2D eigenvalue weighted by atomic mass is 16.1. The molecule has 0 radical (unpaired) electrons. The Balaban J connectivity index is 1.23. The quantitative estimate of drug-likeness (QED) is 0.240. The number of benzene rings is 1. The predicted molar refractivity (Wildman–Crippen MR) is 159 cm³/mol. The fourth-order valence-corrected chi connectivity index (χ4v) is 5.74. The number of hydrogen-bond donors (Lipinski definition) is 4. The van der Waals surface area contributed by atoms with Gasteiger partial charge in [-0.2, -0.15) is 0 Å². The largest absolute Gasteiger partial charge is 0.353 e. The molecule has 0 aliphatic carbocycles. The summed E-state index contributed by atoms with van der Waals surface area (Å²) in [6.07, 6.45) is 3.25. The molecule has 1 atom stereocenters. The Morgan fingerprint density at radius 3 is 2.24 bits per heavy atom. The highest BCUT2D eigenvalue weighted by Crippen LogP contribution is 2.35. The number of fused-ring (bicyclic) bond motifs is 2. The van der Waals surface area contributed by atoms with Crippen molar-refractivity contribution in [3.05, 3.63) is 111 Å². The molecule has 1 aromatic carbocycles. The Morgan fingerprint density at radius 1 is 0.732 bits per heavy atom. The van der Waals surface area contributed by atoms with E-state index in [1.54, 1.807) is 0 Å². The van der Waals surface area contributed by atoms with Crippen LogP contribution in [0.3, 0.4) is 0 Å². The lowest BCUT2D eigenvalue weighted by Crippen LogP contribution is -2.47. The molecule has 41 heavy (non-hydrogen) atoms. The molecule has 1 aliphatic heterocycles. The van der Waals surface area contributed by atoms with Crippen LogP contribution in [0, 0.1) is 0 Å². The van der Waals surface area contributed by atoms with Gasteiger partial charge in [0.15, 0.2) is 11.3 Å². The minimum Gasteiger partial charge on any atom is -0.353 e. The highest BCUT2D eigenvalue weighted by molar-refractivity contribution is 5.78. The number of H-pyrrole nitrogens is 4. The molecule has 206 valence electrons. The first-order valence-corrected chi connectivity index (χ1v) is 13.8. The number of imidazole rings is 2. The van der Waals surface area contributed by atoms with Gasteiger partial charge in [-0.15, -0.1) is 0 Å². The van der Waals surface area contributed by atoms with Crippen LogP contribution in [-0.2, 0) is 6.42 Å².